The Morgan fingerprint density at radius 2 is 0.367 bits per heavy atom. The molecule has 0 N–H and O–H groups in total. The molecule has 0 bridgehead atoms. The molecule has 12 fully saturated rings. The van der Waals surface area contributed by atoms with Crippen LogP contribution in [-0.2, 0) is 0 Å². The number of anilines is 5. The summed E-state index contributed by atoms with van der Waals surface area (Å²) in [6.07, 6.45) is 71.7. The van der Waals surface area contributed by atoms with E-state index >= 15 is 0 Å². The van der Waals surface area contributed by atoms with Crippen LogP contribution >= 0.6 is 0 Å². The lowest BCUT2D eigenvalue weighted by atomic mass is 9.85. The van der Waals surface area contributed by atoms with Crippen molar-refractivity contribution in [2.24, 2.45) is 41.4 Å². The maximum Gasteiger partial charge on any atom is 0.109 e. The van der Waals surface area contributed by atoms with Crippen molar-refractivity contribution < 1.29 is 0 Å². The Hall–Kier alpha value is -7.98. The first-order valence-electron chi connectivity index (χ1n) is 56.3. The molecule has 10 heteroatoms. The molecule has 6 aromatic rings. The van der Waals surface area contributed by atoms with Gasteiger partial charge in [-0.2, -0.15) is 0 Å². The summed E-state index contributed by atoms with van der Waals surface area (Å²) >= 11 is 0. The van der Waals surface area contributed by atoms with E-state index < -0.39 is 0 Å². The number of nitrogens with zero attached hydrogens (tertiary/aromatic N) is 10. The van der Waals surface area contributed by atoms with Crippen LogP contribution in [0.5, 0.6) is 0 Å². The van der Waals surface area contributed by atoms with Crippen molar-refractivity contribution in [3.8, 4) is 0 Å². The number of allylic oxidation sites excluding steroid dienone is 9. The lowest BCUT2D eigenvalue weighted by Gasteiger charge is -2.43. The summed E-state index contributed by atoms with van der Waals surface area (Å²) in [5.74, 6) is 5.64. The van der Waals surface area contributed by atoms with Gasteiger partial charge in [0.05, 0.1) is 5.70 Å². The first kappa shape index (κ1) is 107. The lowest BCUT2D eigenvalue weighted by Crippen LogP contribution is -2.49. The van der Waals surface area contributed by atoms with Crippen molar-refractivity contribution in [2.45, 2.75) is 496 Å². The van der Waals surface area contributed by atoms with Gasteiger partial charge in [-0.15, -0.1) is 0 Å². The van der Waals surface area contributed by atoms with E-state index in [1.807, 2.05) is 0 Å². The fourth-order valence-electron chi connectivity index (χ4n) is 31.0. The lowest BCUT2D eigenvalue weighted by molar-refractivity contribution is 0.133. The summed E-state index contributed by atoms with van der Waals surface area (Å²) in [5.41, 5.74) is 31.3. The minimum atomic E-state index is 0. The fraction of sp³-hybridized carbons (Fsp3) is 0.643. The summed E-state index contributed by atoms with van der Waals surface area (Å²) in [4.78, 5) is 28.3. The van der Waals surface area contributed by atoms with Crippen LogP contribution < -0.4 is 24.5 Å². The van der Waals surface area contributed by atoms with Crippen LogP contribution in [0.1, 0.15) is 434 Å². The highest BCUT2D eigenvalue weighted by Gasteiger charge is 2.54. The Balaban J connectivity index is 0.000000138. The third-order valence-electron chi connectivity index (χ3n) is 37.6. The van der Waals surface area contributed by atoms with E-state index in [-0.39, 0.29) is 37.1 Å². The average Bonchev–Trinajstić information content (AvgIpc) is 1.40. The summed E-state index contributed by atoms with van der Waals surface area (Å²) in [6.45, 7) is 28.1. The number of hydrogen-bond acceptors (Lipinski definition) is 10. The van der Waals surface area contributed by atoms with Crippen molar-refractivity contribution in [1.82, 2.24) is 24.5 Å². The molecule has 0 radical (unpaired) electrons. The highest BCUT2D eigenvalue weighted by atomic mass is 15.5. The zero-order chi connectivity index (χ0) is 92.0. The van der Waals surface area contributed by atoms with Crippen molar-refractivity contribution >= 4 is 34.1 Å². The van der Waals surface area contributed by atoms with Crippen molar-refractivity contribution in [2.75, 3.05) is 24.5 Å². The van der Waals surface area contributed by atoms with Gasteiger partial charge in [0.1, 0.15) is 30.8 Å². The summed E-state index contributed by atoms with van der Waals surface area (Å²) in [7, 11) is 0. The van der Waals surface area contributed by atoms with Crippen LogP contribution in [0.2, 0.25) is 0 Å². The molecule has 12 aliphatic carbocycles. The molecule has 10 nitrogen and oxygen atoms in total. The molecule has 762 valence electrons. The van der Waals surface area contributed by atoms with Gasteiger partial charge in [0.25, 0.3) is 0 Å². The molecule has 5 heterocycles. The number of benzene rings is 6. The maximum absolute atomic E-state index is 3.03. The zero-order valence-electron chi connectivity index (χ0n) is 85.9. The second-order valence-electron chi connectivity index (χ2n) is 45.7. The highest BCUT2D eigenvalue weighted by molar-refractivity contribution is 5.78. The Morgan fingerprint density at radius 1 is 0.173 bits per heavy atom. The van der Waals surface area contributed by atoms with Crippen molar-refractivity contribution in [3.63, 3.8) is 0 Å². The van der Waals surface area contributed by atoms with E-state index in [0.717, 1.165) is 65.6 Å². The summed E-state index contributed by atoms with van der Waals surface area (Å²) in [5, 5.41) is 0. The first-order valence-corrected chi connectivity index (χ1v) is 56.3. The SMILES string of the molecule is C.C.C.C.C.CC1=C(C)N(C2CCCC2)C(C2CCCC2)N1c1ccccc1C.CC1=C(C)N(C2CCCC2)C(C2CCCC2)N1c1ccccc1C.CC1=C(C2CCCC2)N(C2CCCC2)C(C2CCCC2)N1c1ccccc1C.CC1=C(C2CCCCC2)N(C2CCCC2)C(C2CCCC2)N1c1ccccc1C.CC1=C(c2ccccc2)N(C2CCCC2)C(C2CCCC2)N1c1ccccc1C. The smallest absolute Gasteiger partial charge is 0.109 e. The molecule has 17 aliphatic rings. The van der Waals surface area contributed by atoms with Crippen LogP contribution in [-0.4, -0.2) is 85.5 Å². The Bertz CT molecular complexity index is 4900. The van der Waals surface area contributed by atoms with E-state index in [4.69, 9.17) is 0 Å². The quantitative estimate of drug-likeness (QED) is 0.0830. The molecule has 139 heavy (non-hydrogen) atoms. The summed E-state index contributed by atoms with van der Waals surface area (Å²) in [6, 6.07) is 60.1. The second kappa shape index (κ2) is 49.1. The number of para-hydroxylation sites is 5. The fourth-order valence-corrected chi connectivity index (χ4v) is 31.0. The third-order valence-corrected chi connectivity index (χ3v) is 37.6. The first-order chi connectivity index (χ1) is 65.6. The number of aryl methyl sites for hydroxylation is 5. The van der Waals surface area contributed by atoms with Crippen LogP contribution in [0.3, 0.4) is 0 Å². The van der Waals surface area contributed by atoms with Gasteiger partial charge in [-0.25, -0.2) is 0 Å². The molecule has 6 aromatic carbocycles. The van der Waals surface area contributed by atoms with Crippen molar-refractivity contribution in [3.05, 3.63) is 236 Å². The van der Waals surface area contributed by atoms with Crippen LogP contribution in [0.25, 0.3) is 5.70 Å². The Morgan fingerprint density at radius 3 is 0.633 bits per heavy atom. The van der Waals surface area contributed by atoms with Crippen LogP contribution in [0, 0.1) is 76.0 Å². The molecule has 0 aromatic heterocycles. The molecule has 0 spiro atoms. The molecule has 0 amide bonds. The third kappa shape index (κ3) is 21.9. The maximum atomic E-state index is 3.03. The van der Waals surface area contributed by atoms with E-state index in [0.29, 0.717) is 36.9 Å². The molecule has 5 atom stereocenters. The molecule has 0 saturated heterocycles. The normalized spacial score (nSPS) is 25.3. The standard InChI is InChI=1S/C27H40N2.C27H34N2.C26H38N2.2C22H32N2.5CH4/c2*1-20-12-6-11-19-25(20)28-21(2)26(22-13-4-3-5-14-22)29(24-17-9-10-18-24)27(28)23-15-7-8-16-23;1-19-11-3-10-18-24(19)27-20(2)25(21-12-4-5-13-21)28(23-16-8-9-17-23)26(27)22-14-6-7-15-22;2*1-16-10-4-9-15-21(16)24-18(3)17(2)23(20-13-7-8-14-20)22(24)19-11-5-6-12-19;;;;;/h6,11-12,19,22-24,27H,3-5,7-10,13-18H2,1-2H3;3-6,11-14,19,23-24,27H,7-10,15-18H2,1-2H3;3,10-11,18,21-23,26H,4-9,12-17H2,1-2H3;2*4,9-10,15,19-20,22H,5-8,11-14H2,1-3H3;5*1H4. The van der Waals surface area contributed by atoms with Crippen molar-refractivity contribution in [1.29, 1.82) is 0 Å². The molecular weight excluding hydrogens is 1690 g/mol. The van der Waals surface area contributed by atoms with Gasteiger partial charge < -0.3 is 49.0 Å². The minimum absolute atomic E-state index is 0. The Kier molecular flexibility index (Phi) is 37.7. The van der Waals surface area contributed by atoms with Gasteiger partial charge in [-0.3, -0.25) is 0 Å². The molecule has 5 unspecified atom stereocenters. The summed E-state index contributed by atoms with van der Waals surface area (Å²) < 4.78 is 0. The van der Waals surface area contributed by atoms with E-state index in [1.165, 1.54) is 411 Å². The second-order valence-corrected chi connectivity index (χ2v) is 45.7. The van der Waals surface area contributed by atoms with Crippen LogP contribution in [0.4, 0.5) is 28.4 Å². The molecular formula is C129H196N10. The Labute approximate surface area is 851 Å². The van der Waals surface area contributed by atoms with Gasteiger partial charge in [-0.1, -0.05) is 319 Å². The van der Waals surface area contributed by atoms with Gasteiger partial charge in [0.15, 0.2) is 0 Å². The van der Waals surface area contributed by atoms with Gasteiger partial charge >= 0.3 is 0 Å². The van der Waals surface area contributed by atoms with Gasteiger partial charge in [0.2, 0.25) is 0 Å². The largest absolute Gasteiger partial charge is 0.350 e. The van der Waals surface area contributed by atoms with Gasteiger partial charge in [0, 0.05) is 122 Å². The van der Waals surface area contributed by atoms with E-state index in [9.17, 15) is 0 Å². The average molecular weight is 1890 g/mol. The topological polar surface area (TPSA) is 32.4 Å². The molecule has 5 aliphatic heterocycles. The molecule has 23 rings (SSSR count). The number of rotatable bonds is 18. The predicted octanol–water partition coefficient (Wildman–Crippen LogP) is 36.2. The zero-order valence-corrected chi connectivity index (χ0v) is 85.9. The predicted molar refractivity (Wildman–Crippen MR) is 601 cm³/mol. The molecule has 12 saturated carbocycles. The van der Waals surface area contributed by atoms with E-state index in [1.54, 1.807) is 22.8 Å². The van der Waals surface area contributed by atoms with E-state index in [2.05, 4.69) is 284 Å². The van der Waals surface area contributed by atoms with Crippen LogP contribution in [0.15, 0.2) is 203 Å². The number of hydrogen-bond donors (Lipinski definition) is 0. The highest BCUT2D eigenvalue weighted by Crippen LogP contribution is 2.57. The monoisotopic (exact) mass is 1890 g/mol. The van der Waals surface area contributed by atoms with Gasteiger partial charge in [-0.05, 0) is 330 Å². The minimum Gasteiger partial charge on any atom is -0.350 e.